The molecule has 0 radical (unpaired) electrons. The molecule has 0 aliphatic heterocycles. The van der Waals surface area contributed by atoms with Crippen LogP contribution in [0.25, 0.3) is 0 Å². The molecule has 0 saturated heterocycles. The third-order valence-corrected chi connectivity index (χ3v) is 1.64. The second-order valence-electron chi connectivity index (χ2n) is 1.76. The minimum Gasteiger partial charge on any atom is -0.253 e. The molecule has 0 fully saturated rings. The van der Waals surface area contributed by atoms with Crippen molar-refractivity contribution < 1.29 is 13.2 Å². The molecule has 1 aromatic rings. The van der Waals surface area contributed by atoms with E-state index in [-0.39, 0.29) is 4.88 Å². The van der Waals surface area contributed by atoms with Crippen LogP contribution in [0.2, 0.25) is 0 Å². The van der Waals surface area contributed by atoms with Crippen molar-refractivity contribution in [2.75, 3.05) is 0 Å². The summed E-state index contributed by atoms with van der Waals surface area (Å²) in [5, 5.41) is 0. The number of hydrogen-bond acceptors (Lipinski definition) is 2. The van der Waals surface area contributed by atoms with Crippen LogP contribution in [0, 0.1) is 0 Å². The van der Waals surface area contributed by atoms with E-state index in [1.54, 1.807) is 0 Å². The van der Waals surface area contributed by atoms with Gasteiger partial charge in [-0.1, -0.05) is 0 Å². The van der Waals surface area contributed by atoms with Gasteiger partial charge in [-0.2, -0.15) is 13.2 Å². The Bertz CT molecular complexity index is 191. The van der Waals surface area contributed by atoms with E-state index in [0.717, 1.165) is 11.3 Å². The number of hydrogen-bond donors (Lipinski definition) is 0. The Morgan fingerprint density at radius 2 is 2.20 bits per heavy atom. The van der Waals surface area contributed by atoms with E-state index in [2.05, 4.69) is 4.98 Å². The molecule has 0 unspecified atom stereocenters. The molecule has 0 amide bonds. The summed E-state index contributed by atoms with van der Waals surface area (Å²) in [6.07, 6.45) is -3.73. The average molecular weight is 167 g/mol. The first-order chi connectivity index (χ1) is 4.58. The van der Waals surface area contributed by atoms with Crippen LogP contribution in [0.15, 0.2) is 11.7 Å². The lowest BCUT2D eigenvalue weighted by Gasteiger charge is -2.01. The van der Waals surface area contributed by atoms with Crippen LogP contribution in [0.5, 0.6) is 0 Å². The minimum atomic E-state index is -4.10. The van der Waals surface area contributed by atoms with Crippen molar-refractivity contribution in [1.82, 2.24) is 4.98 Å². The Kier molecular flexibility index (Phi) is 1.94. The zero-order chi connectivity index (χ0) is 7.61. The van der Waals surface area contributed by atoms with Crippen LogP contribution in [0.3, 0.4) is 0 Å². The fourth-order valence-corrected chi connectivity index (χ4v) is 1.15. The van der Waals surface area contributed by atoms with Crippen molar-refractivity contribution in [2.24, 2.45) is 0 Å². The van der Waals surface area contributed by atoms with Crippen molar-refractivity contribution in [3.63, 3.8) is 0 Å². The third-order valence-electron chi connectivity index (χ3n) is 0.858. The van der Waals surface area contributed by atoms with Gasteiger partial charge in [0.15, 0.2) is 0 Å². The Morgan fingerprint density at radius 3 is 2.60 bits per heavy atom. The Hall–Kier alpha value is -0.580. The Balaban J connectivity index is 2.57. The number of aromatic nitrogens is 1. The van der Waals surface area contributed by atoms with Crippen molar-refractivity contribution >= 4 is 11.3 Å². The van der Waals surface area contributed by atoms with Gasteiger partial charge in [-0.3, -0.25) is 4.98 Å². The normalized spacial score (nSPS) is 11.9. The van der Waals surface area contributed by atoms with Gasteiger partial charge in [0.05, 0.1) is 11.9 Å². The van der Waals surface area contributed by atoms with Gasteiger partial charge in [0.2, 0.25) is 0 Å². The van der Waals surface area contributed by atoms with Gasteiger partial charge in [0, 0.05) is 11.1 Å². The van der Waals surface area contributed by atoms with Crippen LogP contribution < -0.4 is 0 Å². The summed E-state index contributed by atoms with van der Waals surface area (Å²) < 4.78 is 34.8. The fraction of sp³-hybridized carbons (Fsp3) is 0.400. The standard InChI is InChI=1S/C5H4F3NS/c6-5(7,8)1-4-2-9-3-10-4/h2-3H,1H2. The summed E-state index contributed by atoms with van der Waals surface area (Å²) in [6, 6.07) is 0. The molecule has 0 aliphatic rings. The minimum absolute atomic E-state index is 0.257. The summed E-state index contributed by atoms with van der Waals surface area (Å²) in [5.41, 5.74) is 1.39. The zero-order valence-corrected chi connectivity index (χ0v) is 5.67. The molecular weight excluding hydrogens is 163 g/mol. The second-order valence-corrected chi connectivity index (χ2v) is 2.73. The molecule has 1 aromatic heterocycles. The van der Waals surface area contributed by atoms with E-state index in [4.69, 9.17) is 0 Å². The van der Waals surface area contributed by atoms with Crippen molar-refractivity contribution in [2.45, 2.75) is 12.6 Å². The van der Waals surface area contributed by atoms with Crippen LogP contribution in [0.4, 0.5) is 13.2 Å². The van der Waals surface area contributed by atoms with Gasteiger partial charge in [0.1, 0.15) is 0 Å². The van der Waals surface area contributed by atoms with Gasteiger partial charge in [-0.25, -0.2) is 0 Å². The topological polar surface area (TPSA) is 12.9 Å². The first-order valence-corrected chi connectivity index (χ1v) is 3.40. The third kappa shape index (κ3) is 2.34. The van der Waals surface area contributed by atoms with Crippen LogP contribution in [-0.4, -0.2) is 11.2 Å². The van der Waals surface area contributed by atoms with E-state index in [9.17, 15) is 13.2 Å². The number of alkyl halides is 3. The molecule has 0 saturated carbocycles. The van der Waals surface area contributed by atoms with E-state index < -0.39 is 12.6 Å². The highest BCUT2D eigenvalue weighted by Crippen LogP contribution is 2.22. The van der Waals surface area contributed by atoms with Gasteiger partial charge in [-0.05, 0) is 0 Å². The molecule has 5 heteroatoms. The van der Waals surface area contributed by atoms with E-state index in [1.807, 2.05) is 0 Å². The maximum atomic E-state index is 11.6. The molecule has 1 nitrogen and oxygen atoms in total. The predicted molar refractivity (Wildman–Crippen MR) is 31.9 cm³/mol. The van der Waals surface area contributed by atoms with E-state index in [0.29, 0.717) is 0 Å². The van der Waals surface area contributed by atoms with Crippen LogP contribution in [0.1, 0.15) is 4.88 Å². The average Bonchev–Trinajstić information content (AvgIpc) is 2.12. The lowest BCUT2D eigenvalue weighted by molar-refractivity contribution is -0.126. The molecule has 0 bridgehead atoms. The molecule has 0 atom stereocenters. The Morgan fingerprint density at radius 1 is 1.50 bits per heavy atom. The van der Waals surface area contributed by atoms with Gasteiger partial charge in [0.25, 0.3) is 0 Å². The highest BCUT2D eigenvalue weighted by molar-refractivity contribution is 7.09. The van der Waals surface area contributed by atoms with Crippen molar-refractivity contribution in [1.29, 1.82) is 0 Å². The largest absolute Gasteiger partial charge is 0.393 e. The van der Waals surface area contributed by atoms with Crippen LogP contribution >= 0.6 is 11.3 Å². The number of halogens is 3. The molecule has 10 heavy (non-hydrogen) atoms. The molecule has 1 heterocycles. The summed E-state index contributed by atoms with van der Waals surface area (Å²) >= 11 is 1.02. The first kappa shape index (κ1) is 7.53. The fourth-order valence-electron chi connectivity index (χ4n) is 0.527. The maximum Gasteiger partial charge on any atom is 0.393 e. The smallest absolute Gasteiger partial charge is 0.253 e. The number of nitrogens with zero attached hydrogens (tertiary/aromatic N) is 1. The quantitative estimate of drug-likeness (QED) is 0.625. The zero-order valence-electron chi connectivity index (χ0n) is 4.85. The molecule has 0 aliphatic carbocycles. The lowest BCUT2D eigenvalue weighted by Crippen LogP contribution is -2.09. The predicted octanol–water partition coefficient (Wildman–Crippen LogP) is 2.25. The molecule has 1 rings (SSSR count). The van der Waals surface area contributed by atoms with E-state index in [1.165, 1.54) is 11.7 Å². The highest BCUT2D eigenvalue weighted by Gasteiger charge is 2.28. The van der Waals surface area contributed by atoms with Crippen molar-refractivity contribution in [3.05, 3.63) is 16.6 Å². The molecular formula is C5H4F3NS. The molecule has 0 spiro atoms. The van der Waals surface area contributed by atoms with Gasteiger partial charge in [-0.15, -0.1) is 11.3 Å². The monoisotopic (exact) mass is 167 g/mol. The number of thiazole rings is 1. The Labute approximate surface area is 59.5 Å². The SMILES string of the molecule is FC(F)(F)Cc1cncs1. The highest BCUT2D eigenvalue weighted by atomic mass is 32.1. The maximum absolute atomic E-state index is 11.6. The van der Waals surface area contributed by atoms with Crippen molar-refractivity contribution in [3.8, 4) is 0 Å². The lowest BCUT2D eigenvalue weighted by atomic mass is 10.4. The number of rotatable bonds is 1. The molecule has 0 N–H and O–H groups in total. The van der Waals surface area contributed by atoms with Gasteiger partial charge < -0.3 is 0 Å². The van der Waals surface area contributed by atoms with E-state index >= 15 is 0 Å². The summed E-state index contributed by atoms with van der Waals surface area (Å²) in [7, 11) is 0. The summed E-state index contributed by atoms with van der Waals surface area (Å²) in [6.45, 7) is 0. The van der Waals surface area contributed by atoms with Gasteiger partial charge >= 0.3 is 6.18 Å². The molecule has 0 aromatic carbocycles. The second kappa shape index (κ2) is 2.57. The first-order valence-electron chi connectivity index (χ1n) is 2.52. The summed E-state index contributed by atoms with van der Waals surface area (Å²) in [5.74, 6) is 0. The van der Waals surface area contributed by atoms with Crippen LogP contribution in [-0.2, 0) is 6.42 Å². The molecule has 56 valence electrons. The summed E-state index contributed by atoms with van der Waals surface area (Å²) in [4.78, 5) is 3.78.